The molecule has 0 N–H and O–H groups in total. The highest BCUT2D eigenvalue weighted by molar-refractivity contribution is 7.89. The van der Waals surface area contributed by atoms with E-state index in [0.717, 1.165) is 12.8 Å². The summed E-state index contributed by atoms with van der Waals surface area (Å²) < 4.78 is 24.5. The molecule has 74 valence electrons. The first-order chi connectivity index (χ1) is 6.17. The maximum Gasteiger partial charge on any atom is 0.214 e. The molecule has 0 aliphatic carbocycles. The first kappa shape index (κ1) is 10.6. The molecule has 0 aromatic carbocycles. The van der Waals surface area contributed by atoms with Gasteiger partial charge in [-0.15, -0.1) is 11.8 Å². The summed E-state index contributed by atoms with van der Waals surface area (Å²) in [6, 6.07) is 0. The molecule has 1 aliphatic heterocycles. The zero-order valence-electron chi connectivity index (χ0n) is 7.91. The van der Waals surface area contributed by atoms with Gasteiger partial charge in [-0.1, -0.05) is 0 Å². The third-order valence-corrected chi connectivity index (χ3v) is 4.07. The van der Waals surface area contributed by atoms with E-state index in [1.807, 2.05) is 0 Å². The number of hydrogen-bond donors (Lipinski definition) is 0. The lowest BCUT2D eigenvalue weighted by Gasteiger charge is -2.25. The maximum absolute atomic E-state index is 11.5. The Bertz CT molecular complexity index is 310. The van der Waals surface area contributed by atoms with Crippen LogP contribution < -0.4 is 0 Å². The molecule has 4 heteroatoms. The van der Waals surface area contributed by atoms with Gasteiger partial charge in [0.15, 0.2) is 0 Å². The van der Waals surface area contributed by atoms with E-state index in [1.54, 1.807) is 11.2 Å². The van der Waals surface area contributed by atoms with E-state index in [4.69, 9.17) is 0 Å². The standard InChI is InChI=1S/C9H15NO2S/c1-2-3-4-7-10-8-5-6-9-13(10,11)12/h4-9H2,1H3. The first-order valence-corrected chi connectivity index (χ1v) is 6.15. The van der Waals surface area contributed by atoms with Gasteiger partial charge in [-0.3, -0.25) is 0 Å². The molecule has 0 aromatic heterocycles. The number of nitrogens with zero attached hydrogens (tertiary/aromatic N) is 1. The largest absolute Gasteiger partial charge is 0.214 e. The van der Waals surface area contributed by atoms with E-state index < -0.39 is 10.0 Å². The van der Waals surface area contributed by atoms with Crippen molar-refractivity contribution in [1.82, 2.24) is 4.31 Å². The van der Waals surface area contributed by atoms with Crippen molar-refractivity contribution in [3.8, 4) is 11.8 Å². The summed E-state index contributed by atoms with van der Waals surface area (Å²) in [5, 5.41) is 0. The van der Waals surface area contributed by atoms with Crippen molar-refractivity contribution < 1.29 is 8.42 Å². The van der Waals surface area contributed by atoms with Gasteiger partial charge >= 0.3 is 0 Å². The molecule has 1 fully saturated rings. The van der Waals surface area contributed by atoms with Gasteiger partial charge in [0.05, 0.1) is 5.75 Å². The lowest BCUT2D eigenvalue weighted by atomic mass is 10.3. The Kier molecular flexibility index (Phi) is 3.76. The topological polar surface area (TPSA) is 37.4 Å². The van der Waals surface area contributed by atoms with Crippen LogP contribution in [0, 0.1) is 11.8 Å². The van der Waals surface area contributed by atoms with Crippen LogP contribution in [0.5, 0.6) is 0 Å². The van der Waals surface area contributed by atoms with Crippen molar-refractivity contribution in [3.05, 3.63) is 0 Å². The Morgan fingerprint density at radius 2 is 2.15 bits per heavy atom. The molecule has 3 nitrogen and oxygen atoms in total. The van der Waals surface area contributed by atoms with Crippen molar-refractivity contribution in [1.29, 1.82) is 0 Å². The second-order valence-electron chi connectivity index (χ2n) is 3.10. The average molecular weight is 201 g/mol. The fraction of sp³-hybridized carbons (Fsp3) is 0.778. The molecule has 1 heterocycles. The highest BCUT2D eigenvalue weighted by atomic mass is 32.2. The van der Waals surface area contributed by atoms with Gasteiger partial charge in [-0.05, 0) is 19.8 Å². The van der Waals surface area contributed by atoms with Crippen molar-refractivity contribution in [3.63, 3.8) is 0 Å². The van der Waals surface area contributed by atoms with Gasteiger partial charge in [0.25, 0.3) is 0 Å². The number of hydrogen-bond acceptors (Lipinski definition) is 2. The van der Waals surface area contributed by atoms with E-state index in [1.165, 1.54) is 0 Å². The van der Waals surface area contributed by atoms with Crippen molar-refractivity contribution >= 4 is 10.0 Å². The molecule has 1 rings (SSSR count). The van der Waals surface area contributed by atoms with Gasteiger partial charge in [0, 0.05) is 19.5 Å². The molecule has 13 heavy (non-hydrogen) atoms. The summed E-state index contributed by atoms with van der Waals surface area (Å²) in [5.74, 6) is 5.95. The fourth-order valence-corrected chi connectivity index (χ4v) is 3.00. The third-order valence-electron chi connectivity index (χ3n) is 2.12. The molecule has 0 bridgehead atoms. The minimum absolute atomic E-state index is 0.312. The molecule has 0 amide bonds. The Hall–Kier alpha value is -0.530. The molecule has 1 aliphatic rings. The van der Waals surface area contributed by atoms with Gasteiger partial charge < -0.3 is 0 Å². The zero-order chi connectivity index (χ0) is 9.73. The van der Waals surface area contributed by atoms with E-state index >= 15 is 0 Å². The van der Waals surface area contributed by atoms with E-state index in [2.05, 4.69) is 11.8 Å². The number of sulfonamides is 1. The van der Waals surface area contributed by atoms with Crippen molar-refractivity contribution in [2.75, 3.05) is 18.8 Å². The van der Waals surface area contributed by atoms with Crippen molar-refractivity contribution in [2.24, 2.45) is 0 Å². The summed E-state index contributed by atoms with van der Waals surface area (Å²) in [4.78, 5) is 0. The SMILES string of the molecule is CC#CCCN1CCCCS1(=O)=O. The smallest absolute Gasteiger partial charge is 0.212 e. The minimum Gasteiger partial charge on any atom is -0.212 e. The molecule has 0 unspecified atom stereocenters. The van der Waals surface area contributed by atoms with Crippen LogP contribution in [0.4, 0.5) is 0 Å². The van der Waals surface area contributed by atoms with Crippen LogP contribution in [0.2, 0.25) is 0 Å². The highest BCUT2D eigenvalue weighted by Gasteiger charge is 2.24. The van der Waals surface area contributed by atoms with Crippen LogP contribution in [0.15, 0.2) is 0 Å². The Morgan fingerprint density at radius 3 is 2.77 bits per heavy atom. The van der Waals surface area contributed by atoms with E-state index in [-0.39, 0.29) is 0 Å². The molecule has 0 spiro atoms. The normalized spacial score (nSPS) is 21.9. The van der Waals surface area contributed by atoms with E-state index in [0.29, 0.717) is 25.3 Å². The summed E-state index contributed by atoms with van der Waals surface area (Å²) >= 11 is 0. The highest BCUT2D eigenvalue weighted by Crippen LogP contribution is 2.13. The molecule has 1 saturated heterocycles. The monoisotopic (exact) mass is 201 g/mol. The lowest BCUT2D eigenvalue weighted by Crippen LogP contribution is -2.38. The van der Waals surface area contributed by atoms with Crippen LogP contribution in [-0.2, 0) is 10.0 Å². The second kappa shape index (κ2) is 4.64. The van der Waals surface area contributed by atoms with Crippen LogP contribution in [0.3, 0.4) is 0 Å². The quantitative estimate of drug-likeness (QED) is 0.620. The molecule has 0 saturated carbocycles. The van der Waals surface area contributed by atoms with Gasteiger partial charge in [0.1, 0.15) is 0 Å². The van der Waals surface area contributed by atoms with Crippen LogP contribution >= 0.6 is 0 Å². The fourth-order valence-electron chi connectivity index (χ4n) is 1.40. The maximum atomic E-state index is 11.5. The molecule has 0 aromatic rings. The lowest BCUT2D eigenvalue weighted by molar-refractivity contribution is 0.390. The average Bonchev–Trinajstić information content (AvgIpc) is 2.08. The zero-order valence-corrected chi connectivity index (χ0v) is 8.73. The summed E-state index contributed by atoms with van der Waals surface area (Å²) in [6.45, 7) is 3.00. The summed E-state index contributed by atoms with van der Waals surface area (Å²) in [5.41, 5.74) is 0. The first-order valence-electron chi connectivity index (χ1n) is 4.54. The molecule has 0 atom stereocenters. The van der Waals surface area contributed by atoms with Crippen LogP contribution in [0.25, 0.3) is 0 Å². The third kappa shape index (κ3) is 3.02. The summed E-state index contributed by atoms with van der Waals surface area (Å²) in [6.07, 6.45) is 2.44. The Morgan fingerprint density at radius 1 is 1.38 bits per heavy atom. The Balaban J connectivity index is 2.50. The second-order valence-corrected chi connectivity index (χ2v) is 5.19. The van der Waals surface area contributed by atoms with Gasteiger partial charge in [-0.25, -0.2) is 12.7 Å². The van der Waals surface area contributed by atoms with Crippen LogP contribution in [-0.4, -0.2) is 31.6 Å². The molecular weight excluding hydrogens is 186 g/mol. The van der Waals surface area contributed by atoms with E-state index in [9.17, 15) is 8.42 Å². The molecule has 0 radical (unpaired) electrons. The summed E-state index contributed by atoms with van der Waals surface area (Å²) in [7, 11) is -2.94. The minimum atomic E-state index is -2.94. The number of rotatable bonds is 2. The van der Waals surface area contributed by atoms with Crippen LogP contribution in [0.1, 0.15) is 26.2 Å². The van der Waals surface area contributed by atoms with Crippen molar-refractivity contribution in [2.45, 2.75) is 26.2 Å². The molecular formula is C9H15NO2S. The van der Waals surface area contributed by atoms with Gasteiger partial charge in [0.2, 0.25) is 10.0 Å². The Labute approximate surface area is 80.2 Å². The predicted molar refractivity (Wildman–Crippen MR) is 52.7 cm³/mol. The predicted octanol–water partition coefficient (Wildman–Crippen LogP) is 0.825. The van der Waals surface area contributed by atoms with Gasteiger partial charge in [-0.2, -0.15) is 0 Å².